The first-order valence-electron chi connectivity index (χ1n) is 10.6. The van der Waals surface area contributed by atoms with Gasteiger partial charge in [-0.15, -0.1) is 0 Å². The molecular formula is C23H26N4O6. The second-order valence-electron chi connectivity index (χ2n) is 7.24. The Morgan fingerprint density at radius 3 is 2.73 bits per heavy atom. The Hall–Kier alpha value is -3.95. The van der Waals surface area contributed by atoms with Gasteiger partial charge in [0.15, 0.2) is 18.1 Å². The molecule has 1 aliphatic heterocycles. The molecule has 1 heterocycles. The number of ether oxygens (including phenoxy) is 2. The van der Waals surface area contributed by atoms with Gasteiger partial charge in [-0.1, -0.05) is 18.5 Å². The molecule has 0 aromatic heterocycles. The Labute approximate surface area is 191 Å². The van der Waals surface area contributed by atoms with Crippen LogP contribution in [0.4, 0.5) is 5.69 Å². The topological polar surface area (TPSA) is 116 Å². The normalized spacial score (nSPS) is 13.5. The highest BCUT2D eigenvalue weighted by Crippen LogP contribution is 2.34. The van der Waals surface area contributed by atoms with Crippen LogP contribution < -0.4 is 9.47 Å². The van der Waals surface area contributed by atoms with Crippen LogP contribution in [-0.2, 0) is 9.63 Å². The fraction of sp³-hybridized carbons (Fsp3) is 0.348. The van der Waals surface area contributed by atoms with Crippen LogP contribution in [0, 0.1) is 10.1 Å². The second-order valence-corrected chi connectivity index (χ2v) is 7.24. The van der Waals surface area contributed by atoms with Gasteiger partial charge in [0, 0.05) is 30.5 Å². The molecular weight excluding hydrogens is 428 g/mol. The van der Waals surface area contributed by atoms with E-state index in [0.717, 1.165) is 30.5 Å². The second kappa shape index (κ2) is 11.6. The van der Waals surface area contributed by atoms with E-state index < -0.39 is 4.92 Å². The van der Waals surface area contributed by atoms with Gasteiger partial charge in [0.05, 0.1) is 17.7 Å². The molecule has 3 rings (SSSR count). The number of amides is 1. The van der Waals surface area contributed by atoms with Gasteiger partial charge in [0.2, 0.25) is 0 Å². The van der Waals surface area contributed by atoms with Crippen molar-refractivity contribution in [1.29, 1.82) is 0 Å². The van der Waals surface area contributed by atoms with E-state index in [9.17, 15) is 14.9 Å². The van der Waals surface area contributed by atoms with E-state index in [4.69, 9.17) is 14.3 Å². The third kappa shape index (κ3) is 6.52. The van der Waals surface area contributed by atoms with Gasteiger partial charge in [0.25, 0.3) is 11.6 Å². The lowest BCUT2D eigenvalue weighted by Gasteiger charge is -2.23. The van der Waals surface area contributed by atoms with Gasteiger partial charge >= 0.3 is 0 Å². The zero-order valence-electron chi connectivity index (χ0n) is 18.6. The van der Waals surface area contributed by atoms with Crippen molar-refractivity contribution in [1.82, 2.24) is 5.01 Å². The predicted molar refractivity (Wildman–Crippen MR) is 123 cm³/mol. The molecule has 1 amide bonds. The molecule has 2 aromatic carbocycles. The Morgan fingerprint density at radius 2 is 2.03 bits per heavy atom. The van der Waals surface area contributed by atoms with Crippen molar-refractivity contribution in [3.63, 3.8) is 0 Å². The minimum Gasteiger partial charge on any atom is -0.493 e. The monoisotopic (exact) mass is 454 g/mol. The number of non-ortho nitro benzene ring substituents is 1. The Kier molecular flexibility index (Phi) is 8.34. The van der Waals surface area contributed by atoms with E-state index in [2.05, 4.69) is 10.3 Å². The number of oxime groups is 1. The third-order valence-electron chi connectivity index (χ3n) is 4.84. The number of methoxy groups -OCH3 is 1. The molecule has 0 spiro atoms. The first kappa shape index (κ1) is 23.7. The third-order valence-corrected chi connectivity index (χ3v) is 4.84. The summed E-state index contributed by atoms with van der Waals surface area (Å²) in [5, 5.41) is 20.5. The highest BCUT2D eigenvalue weighted by Gasteiger charge is 2.21. The molecule has 10 nitrogen and oxygen atoms in total. The van der Waals surface area contributed by atoms with Crippen molar-refractivity contribution < 1.29 is 24.0 Å². The molecule has 33 heavy (non-hydrogen) atoms. The zero-order valence-corrected chi connectivity index (χ0v) is 18.6. The van der Waals surface area contributed by atoms with Crippen molar-refractivity contribution in [2.45, 2.75) is 32.6 Å². The van der Waals surface area contributed by atoms with Crippen molar-refractivity contribution in [3.05, 3.63) is 58.1 Å². The SMILES string of the molecule is CCC/C=N/OCC(=O)N1CCCC(c2ccc(OC)c(Oc3ccc([N+](=O)[O-])cc3)c2)=N1. The lowest BCUT2D eigenvalue weighted by Crippen LogP contribution is -2.34. The maximum absolute atomic E-state index is 12.4. The predicted octanol–water partition coefficient (Wildman–Crippen LogP) is 4.52. The molecule has 174 valence electrons. The molecule has 0 N–H and O–H groups in total. The van der Waals surface area contributed by atoms with Crippen LogP contribution in [0.5, 0.6) is 17.2 Å². The summed E-state index contributed by atoms with van der Waals surface area (Å²) >= 11 is 0. The average molecular weight is 454 g/mol. The van der Waals surface area contributed by atoms with Crippen molar-refractivity contribution in [2.75, 3.05) is 20.3 Å². The van der Waals surface area contributed by atoms with E-state index >= 15 is 0 Å². The molecule has 0 fully saturated rings. The fourth-order valence-corrected chi connectivity index (χ4v) is 3.12. The number of hydrogen-bond donors (Lipinski definition) is 0. The van der Waals surface area contributed by atoms with Crippen molar-refractivity contribution >= 4 is 23.5 Å². The summed E-state index contributed by atoms with van der Waals surface area (Å²) in [5.41, 5.74) is 1.50. The van der Waals surface area contributed by atoms with Crippen LogP contribution in [0.2, 0.25) is 0 Å². The number of nitro benzene ring substituents is 1. The smallest absolute Gasteiger partial charge is 0.283 e. The van der Waals surface area contributed by atoms with Gasteiger partial charge in [-0.2, -0.15) is 5.10 Å². The molecule has 2 aromatic rings. The quantitative estimate of drug-likeness (QED) is 0.296. The molecule has 0 unspecified atom stereocenters. The van der Waals surface area contributed by atoms with Crippen LogP contribution in [0.1, 0.15) is 38.2 Å². The Morgan fingerprint density at radius 1 is 1.24 bits per heavy atom. The van der Waals surface area contributed by atoms with Gasteiger partial charge in [0.1, 0.15) is 5.75 Å². The van der Waals surface area contributed by atoms with Crippen LogP contribution >= 0.6 is 0 Å². The van der Waals surface area contributed by atoms with Crippen LogP contribution in [0.25, 0.3) is 0 Å². The summed E-state index contributed by atoms with van der Waals surface area (Å²) in [5.74, 6) is 1.10. The summed E-state index contributed by atoms with van der Waals surface area (Å²) in [6.45, 7) is 2.36. The van der Waals surface area contributed by atoms with Crippen LogP contribution in [0.3, 0.4) is 0 Å². The van der Waals surface area contributed by atoms with E-state index in [0.29, 0.717) is 30.2 Å². The number of nitro groups is 1. The minimum absolute atomic E-state index is 0.0237. The van der Waals surface area contributed by atoms with Crippen molar-refractivity contribution in [2.24, 2.45) is 10.3 Å². The molecule has 0 bridgehead atoms. The number of carbonyl (C=O) groups is 1. The van der Waals surface area contributed by atoms with Gasteiger partial charge in [-0.25, -0.2) is 5.01 Å². The summed E-state index contributed by atoms with van der Waals surface area (Å²) in [4.78, 5) is 27.9. The molecule has 10 heteroatoms. The summed E-state index contributed by atoms with van der Waals surface area (Å²) < 4.78 is 11.3. The first-order valence-corrected chi connectivity index (χ1v) is 10.6. The van der Waals surface area contributed by atoms with Crippen molar-refractivity contribution in [3.8, 4) is 17.2 Å². The van der Waals surface area contributed by atoms with E-state index in [1.54, 1.807) is 18.3 Å². The average Bonchev–Trinajstić information content (AvgIpc) is 2.84. The Balaban J connectivity index is 1.75. The molecule has 0 radical (unpaired) electrons. The summed E-state index contributed by atoms with van der Waals surface area (Å²) in [6, 6.07) is 11.2. The van der Waals surface area contributed by atoms with E-state index in [1.165, 1.54) is 36.4 Å². The fourth-order valence-electron chi connectivity index (χ4n) is 3.12. The molecule has 0 atom stereocenters. The number of benzene rings is 2. The zero-order chi connectivity index (χ0) is 23.6. The molecule has 0 aliphatic carbocycles. The minimum atomic E-state index is -0.470. The van der Waals surface area contributed by atoms with Gasteiger partial charge in [-0.3, -0.25) is 14.9 Å². The number of hydrazone groups is 1. The number of carbonyl (C=O) groups excluding carboxylic acids is 1. The molecule has 0 saturated heterocycles. The standard InChI is InChI=1S/C23H26N4O6/c1-3-4-13-24-32-16-23(28)26-14-5-6-20(25-26)17-7-12-21(31-2)22(15-17)33-19-10-8-18(9-11-19)27(29)30/h7-13,15H,3-6,14,16H2,1-2H3/b24-13+. The van der Waals surface area contributed by atoms with Crippen LogP contribution in [-0.4, -0.2) is 48.0 Å². The van der Waals surface area contributed by atoms with E-state index in [-0.39, 0.29) is 18.2 Å². The first-order chi connectivity index (χ1) is 16.0. The largest absolute Gasteiger partial charge is 0.493 e. The summed E-state index contributed by atoms with van der Waals surface area (Å²) in [6.07, 6.45) is 4.85. The Bertz CT molecular complexity index is 1040. The van der Waals surface area contributed by atoms with Gasteiger partial charge in [-0.05, 0) is 49.6 Å². The number of nitrogens with zero attached hydrogens (tertiary/aromatic N) is 4. The molecule has 0 saturated carbocycles. The maximum atomic E-state index is 12.4. The number of rotatable bonds is 10. The van der Waals surface area contributed by atoms with Crippen LogP contribution in [0.15, 0.2) is 52.7 Å². The number of unbranched alkanes of at least 4 members (excludes halogenated alkanes) is 1. The van der Waals surface area contributed by atoms with Gasteiger partial charge < -0.3 is 14.3 Å². The van der Waals surface area contributed by atoms with E-state index in [1.807, 2.05) is 13.0 Å². The highest BCUT2D eigenvalue weighted by atomic mass is 16.6. The number of hydrogen-bond acceptors (Lipinski definition) is 8. The highest BCUT2D eigenvalue weighted by molar-refractivity contribution is 6.02. The lowest BCUT2D eigenvalue weighted by molar-refractivity contribution is -0.384. The summed E-state index contributed by atoms with van der Waals surface area (Å²) in [7, 11) is 1.53. The molecule has 1 aliphatic rings. The lowest BCUT2D eigenvalue weighted by atomic mass is 10.0. The maximum Gasteiger partial charge on any atom is 0.283 e.